The van der Waals surface area contributed by atoms with E-state index in [1.54, 1.807) is 19.1 Å². The number of rotatable bonds is 7. The number of esters is 1. The molecule has 0 N–H and O–H groups in total. The minimum Gasteiger partial charge on any atom is -0.480 e. The molecule has 0 spiro atoms. The number of halogens is 2. The summed E-state index contributed by atoms with van der Waals surface area (Å²) in [5.74, 6) is -0.596. The molecule has 1 atom stereocenters. The molecule has 0 amide bonds. The number of ether oxygens (including phenoxy) is 2. The van der Waals surface area contributed by atoms with E-state index in [1.807, 2.05) is 11.5 Å². The first-order valence-electron chi connectivity index (χ1n) is 9.23. The maximum atomic E-state index is 12.6. The van der Waals surface area contributed by atoms with Crippen molar-refractivity contribution in [1.82, 2.24) is 4.57 Å². The topological polar surface area (TPSA) is 91.7 Å². The monoisotopic (exact) mass is 473 g/mol. The molecule has 1 aliphatic rings. The van der Waals surface area contributed by atoms with Gasteiger partial charge in [-0.3, -0.25) is 4.79 Å². The van der Waals surface area contributed by atoms with Gasteiger partial charge in [0.1, 0.15) is 5.75 Å². The summed E-state index contributed by atoms with van der Waals surface area (Å²) in [7, 11) is -3.05. The highest BCUT2D eigenvalue weighted by atomic mass is 35.5. The van der Waals surface area contributed by atoms with Crippen LogP contribution in [0.5, 0.6) is 5.75 Å². The van der Waals surface area contributed by atoms with Gasteiger partial charge in [-0.25, -0.2) is 13.2 Å². The van der Waals surface area contributed by atoms with Gasteiger partial charge in [-0.2, -0.15) is 0 Å². The fourth-order valence-electron chi connectivity index (χ4n) is 3.59. The van der Waals surface area contributed by atoms with Crippen LogP contribution < -0.4 is 4.74 Å². The molecular weight excluding hydrogens is 453 g/mol. The van der Waals surface area contributed by atoms with Crippen LogP contribution in [0.1, 0.15) is 34.2 Å². The number of benzene rings is 1. The molecule has 30 heavy (non-hydrogen) atoms. The first kappa shape index (κ1) is 22.7. The van der Waals surface area contributed by atoms with Crippen molar-refractivity contribution in [3.63, 3.8) is 0 Å². The highest BCUT2D eigenvalue weighted by Crippen LogP contribution is 2.29. The van der Waals surface area contributed by atoms with E-state index in [0.29, 0.717) is 22.7 Å². The zero-order valence-electron chi connectivity index (χ0n) is 16.5. The maximum absolute atomic E-state index is 12.6. The predicted molar refractivity (Wildman–Crippen MR) is 113 cm³/mol. The number of aryl methyl sites for hydroxylation is 1. The first-order chi connectivity index (χ1) is 14.1. The third kappa shape index (κ3) is 5.17. The molecule has 1 aliphatic heterocycles. The second-order valence-electron chi connectivity index (χ2n) is 7.16. The van der Waals surface area contributed by atoms with Gasteiger partial charge in [0, 0.05) is 28.0 Å². The van der Waals surface area contributed by atoms with Crippen LogP contribution >= 0.6 is 23.2 Å². The standard InChI is InChI=1S/C20H21Cl2NO6S/c1-12-7-16(13(2)23(12)15-5-6-30(26,27)11-15)18(24)9-29-20(25)10-28-19-4-3-14(21)8-17(19)22/h3-4,7-8,15H,5-6,9-11H2,1-2H3. The minimum absolute atomic E-state index is 0.0660. The molecule has 0 bridgehead atoms. The molecule has 1 fully saturated rings. The van der Waals surface area contributed by atoms with Crippen molar-refractivity contribution in [2.24, 2.45) is 0 Å². The van der Waals surface area contributed by atoms with Crippen LogP contribution in [0.2, 0.25) is 10.0 Å². The number of carbonyl (C=O) groups excluding carboxylic acids is 2. The average Bonchev–Trinajstić information content (AvgIpc) is 3.16. The van der Waals surface area contributed by atoms with Crippen LogP contribution in [-0.4, -0.2) is 49.5 Å². The maximum Gasteiger partial charge on any atom is 0.344 e. The van der Waals surface area contributed by atoms with E-state index in [0.717, 1.165) is 5.69 Å². The van der Waals surface area contributed by atoms with E-state index in [-0.39, 0.29) is 34.1 Å². The molecule has 162 valence electrons. The van der Waals surface area contributed by atoms with Crippen LogP contribution in [-0.2, 0) is 19.4 Å². The molecule has 1 aromatic heterocycles. The SMILES string of the molecule is Cc1cc(C(=O)COC(=O)COc2ccc(Cl)cc2Cl)c(C)n1C1CCS(=O)(=O)C1. The summed E-state index contributed by atoms with van der Waals surface area (Å²) in [6.45, 7) is 2.74. The summed E-state index contributed by atoms with van der Waals surface area (Å²) in [4.78, 5) is 24.5. The van der Waals surface area contributed by atoms with Crippen LogP contribution in [0, 0.1) is 13.8 Å². The minimum atomic E-state index is -3.05. The Morgan fingerprint density at radius 1 is 1.17 bits per heavy atom. The second kappa shape index (κ2) is 8.99. The third-order valence-corrected chi connectivity index (χ3v) is 7.24. The van der Waals surface area contributed by atoms with Crippen LogP contribution in [0.4, 0.5) is 0 Å². The average molecular weight is 474 g/mol. The van der Waals surface area contributed by atoms with Crippen molar-refractivity contribution in [2.75, 3.05) is 24.7 Å². The molecule has 2 heterocycles. The molecule has 7 nitrogen and oxygen atoms in total. The van der Waals surface area contributed by atoms with E-state index < -0.39 is 29.0 Å². The highest BCUT2D eigenvalue weighted by Gasteiger charge is 2.31. The molecular formula is C20H21Cl2NO6S. The quantitative estimate of drug-likeness (QED) is 0.450. The van der Waals surface area contributed by atoms with Crippen molar-refractivity contribution in [3.8, 4) is 5.75 Å². The van der Waals surface area contributed by atoms with Gasteiger partial charge in [0.2, 0.25) is 5.78 Å². The molecule has 0 radical (unpaired) electrons. The van der Waals surface area contributed by atoms with Crippen LogP contribution in [0.15, 0.2) is 24.3 Å². The molecule has 3 rings (SSSR count). The van der Waals surface area contributed by atoms with Gasteiger partial charge in [0.15, 0.2) is 23.1 Å². The van der Waals surface area contributed by atoms with Gasteiger partial charge in [-0.1, -0.05) is 23.2 Å². The summed E-state index contributed by atoms with van der Waals surface area (Å²) >= 11 is 11.8. The lowest BCUT2D eigenvalue weighted by Gasteiger charge is -2.16. The Morgan fingerprint density at radius 3 is 2.53 bits per heavy atom. The van der Waals surface area contributed by atoms with Gasteiger partial charge in [0.25, 0.3) is 0 Å². The number of Topliss-reactive ketones (excluding diaryl/α,β-unsaturated/α-hetero) is 1. The number of ketones is 1. The number of nitrogens with zero attached hydrogens (tertiary/aromatic N) is 1. The van der Waals surface area contributed by atoms with Crippen molar-refractivity contribution in [3.05, 3.63) is 51.3 Å². The Kier molecular flexibility index (Phi) is 6.79. The smallest absolute Gasteiger partial charge is 0.344 e. The molecule has 2 aromatic rings. The summed E-state index contributed by atoms with van der Waals surface area (Å²) in [5, 5.41) is 0.695. The summed E-state index contributed by atoms with van der Waals surface area (Å²) < 4.78 is 35.8. The van der Waals surface area contributed by atoms with Gasteiger partial charge in [0.05, 0.1) is 16.5 Å². The molecule has 1 aromatic carbocycles. The number of hydrogen-bond donors (Lipinski definition) is 0. The highest BCUT2D eigenvalue weighted by molar-refractivity contribution is 7.91. The Bertz CT molecular complexity index is 1090. The number of carbonyl (C=O) groups is 2. The second-order valence-corrected chi connectivity index (χ2v) is 10.2. The van der Waals surface area contributed by atoms with E-state index in [4.69, 9.17) is 32.7 Å². The lowest BCUT2D eigenvalue weighted by molar-refractivity contribution is -0.144. The normalized spacial score (nSPS) is 17.7. The lowest BCUT2D eigenvalue weighted by Crippen LogP contribution is -2.20. The summed E-state index contributed by atoms with van der Waals surface area (Å²) in [5.41, 5.74) is 1.87. The molecule has 0 saturated carbocycles. The van der Waals surface area contributed by atoms with Crippen molar-refractivity contribution >= 4 is 44.8 Å². The largest absolute Gasteiger partial charge is 0.480 e. The summed E-state index contributed by atoms with van der Waals surface area (Å²) in [6.07, 6.45) is 0.520. The Labute approximate surface area is 184 Å². The van der Waals surface area contributed by atoms with E-state index in [2.05, 4.69) is 0 Å². The fraction of sp³-hybridized carbons (Fsp3) is 0.400. The Balaban J connectivity index is 1.58. The molecule has 0 aliphatic carbocycles. The molecule has 10 heteroatoms. The Hall–Kier alpha value is -2.03. The van der Waals surface area contributed by atoms with Gasteiger partial charge in [-0.15, -0.1) is 0 Å². The van der Waals surface area contributed by atoms with Gasteiger partial charge < -0.3 is 14.0 Å². The first-order valence-corrected chi connectivity index (χ1v) is 11.8. The van der Waals surface area contributed by atoms with Crippen LogP contribution in [0.25, 0.3) is 0 Å². The molecule has 1 unspecified atom stereocenters. The van der Waals surface area contributed by atoms with Gasteiger partial charge >= 0.3 is 5.97 Å². The van der Waals surface area contributed by atoms with Crippen LogP contribution in [0.3, 0.4) is 0 Å². The van der Waals surface area contributed by atoms with Crippen molar-refractivity contribution < 1.29 is 27.5 Å². The zero-order chi connectivity index (χ0) is 22.1. The Morgan fingerprint density at radius 2 is 1.90 bits per heavy atom. The summed E-state index contributed by atoms with van der Waals surface area (Å²) in [6, 6.07) is 6.10. The van der Waals surface area contributed by atoms with E-state index in [9.17, 15) is 18.0 Å². The van der Waals surface area contributed by atoms with E-state index >= 15 is 0 Å². The molecule has 1 saturated heterocycles. The zero-order valence-corrected chi connectivity index (χ0v) is 18.8. The van der Waals surface area contributed by atoms with Crippen molar-refractivity contribution in [1.29, 1.82) is 0 Å². The van der Waals surface area contributed by atoms with Gasteiger partial charge in [-0.05, 0) is 44.5 Å². The number of hydrogen-bond acceptors (Lipinski definition) is 6. The predicted octanol–water partition coefficient (Wildman–Crippen LogP) is 3.58. The fourth-order valence-corrected chi connectivity index (χ4v) is 5.76. The van der Waals surface area contributed by atoms with Crippen molar-refractivity contribution in [2.45, 2.75) is 26.3 Å². The van der Waals surface area contributed by atoms with E-state index in [1.165, 1.54) is 12.1 Å². The third-order valence-electron chi connectivity index (χ3n) is 4.96. The number of aromatic nitrogens is 1. The lowest BCUT2D eigenvalue weighted by atomic mass is 10.1. The number of sulfone groups is 1.